The van der Waals surface area contributed by atoms with Crippen LogP contribution in [0.3, 0.4) is 0 Å². The molecule has 0 saturated heterocycles. The van der Waals surface area contributed by atoms with Crippen LogP contribution in [0.2, 0.25) is 0 Å². The first-order valence-electron chi connectivity index (χ1n) is 11.2. The molecule has 180 valence electrons. The molecule has 1 aliphatic rings. The zero-order chi connectivity index (χ0) is 24.8. The number of nitrogens with zero attached hydrogens (tertiary/aromatic N) is 3. The third-order valence-corrected chi connectivity index (χ3v) is 6.14. The molecule has 10 nitrogen and oxygen atoms in total. The van der Waals surface area contributed by atoms with Crippen LogP contribution in [0.25, 0.3) is 0 Å². The lowest BCUT2D eigenvalue weighted by Crippen LogP contribution is -2.37. The Labute approximate surface area is 197 Å². The molecule has 0 amide bonds. The number of ether oxygens (including phenoxy) is 1. The summed E-state index contributed by atoms with van der Waals surface area (Å²) in [7, 11) is 0. The van der Waals surface area contributed by atoms with Gasteiger partial charge in [-0.2, -0.15) is 5.10 Å². The van der Waals surface area contributed by atoms with Crippen LogP contribution in [0.1, 0.15) is 45.6 Å². The zero-order valence-electron chi connectivity index (χ0n) is 19.3. The van der Waals surface area contributed by atoms with E-state index in [1.807, 2.05) is 0 Å². The summed E-state index contributed by atoms with van der Waals surface area (Å²) in [5, 5.41) is 26.6. The summed E-state index contributed by atoms with van der Waals surface area (Å²) < 4.78 is 5.94. The van der Waals surface area contributed by atoms with Gasteiger partial charge in [0.1, 0.15) is 11.8 Å². The Morgan fingerprint density at radius 1 is 1.09 bits per heavy atom. The lowest BCUT2D eigenvalue weighted by Gasteiger charge is -2.36. The van der Waals surface area contributed by atoms with E-state index in [-0.39, 0.29) is 23.4 Å². The van der Waals surface area contributed by atoms with Crippen molar-refractivity contribution >= 4 is 28.7 Å². The highest BCUT2D eigenvalue weighted by atomic mass is 16.6. The second-order valence-corrected chi connectivity index (χ2v) is 8.92. The van der Waals surface area contributed by atoms with Gasteiger partial charge in [-0.1, -0.05) is 57.5 Å². The number of hydrogen-bond donors (Lipinski definition) is 1. The number of nitro groups is 2. The molecule has 0 radical (unpaired) electrons. The SMILES string of the molecule is CC(C)[C@@H]1CC[C@@H](C)C[C@@H]1OC(=O)/C(=N\Nc1ccc([N+](=O)[O-])cc1[N+](=O)[O-])c1ccccc1. The molecule has 1 saturated carbocycles. The molecular formula is C24H28N4O6. The van der Waals surface area contributed by atoms with Crippen molar-refractivity contribution in [3.63, 3.8) is 0 Å². The van der Waals surface area contributed by atoms with E-state index in [9.17, 15) is 25.0 Å². The van der Waals surface area contributed by atoms with Crippen LogP contribution in [-0.4, -0.2) is 27.6 Å². The van der Waals surface area contributed by atoms with Gasteiger partial charge in [0.25, 0.3) is 5.69 Å². The molecule has 0 bridgehead atoms. The normalized spacial score (nSPS) is 20.6. The van der Waals surface area contributed by atoms with Crippen LogP contribution in [0.15, 0.2) is 53.6 Å². The van der Waals surface area contributed by atoms with E-state index < -0.39 is 27.2 Å². The lowest BCUT2D eigenvalue weighted by atomic mass is 9.75. The maximum atomic E-state index is 13.3. The van der Waals surface area contributed by atoms with E-state index in [1.165, 1.54) is 6.07 Å². The summed E-state index contributed by atoms with van der Waals surface area (Å²) in [6.45, 7) is 6.37. The number of nitrogens with one attached hydrogen (secondary N) is 1. The first-order chi connectivity index (χ1) is 16.2. The second kappa shape index (κ2) is 10.9. The third kappa shape index (κ3) is 5.94. The molecule has 1 fully saturated rings. The van der Waals surface area contributed by atoms with Crippen molar-refractivity contribution in [2.45, 2.75) is 46.1 Å². The van der Waals surface area contributed by atoms with Crippen molar-refractivity contribution in [2.75, 3.05) is 5.43 Å². The quantitative estimate of drug-likeness (QED) is 0.239. The van der Waals surface area contributed by atoms with Gasteiger partial charge in [0, 0.05) is 11.6 Å². The molecular weight excluding hydrogens is 440 g/mol. The van der Waals surface area contributed by atoms with Gasteiger partial charge in [-0.05, 0) is 36.7 Å². The number of esters is 1. The first-order valence-corrected chi connectivity index (χ1v) is 11.2. The van der Waals surface area contributed by atoms with Crippen molar-refractivity contribution < 1.29 is 19.4 Å². The van der Waals surface area contributed by atoms with Crippen molar-refractivity contribution in [3.05, 3.63) is 74.3 Å². The summed E-state index contributed by atoms with van der Waals surface area (Å²) >= 11 is 0. The maximum absolute atomic E-state index is 13.3. The van der Waals surface area contributed by atoms with Crippen molar-refractivity contribution in [2.24, 2.45) is 22.9 Å². The number of rotatable bonds is 8. The fraction of sp³-hybridized carbons (Fsp3) is 0.417. The van der Waals surface area contributed by atoms with Crippen LogP contribution in [-0.2, 0) is 9.53 Å². The van der Waals surface area contributed by atoms with Gasteiger partial charge in [0.15, 0.2) is 5.71 Å². The number of nitro benzene ring substituents is 2. The molecule has 0 heterocycles. The van der Waals surface area contributed by atoms with E-state index in [0.29, 0.717) is 17.4 Å². The predicted octanol–water partition coefficient (Wildman–Crippen LogP) is 5.32. The van der Waals surface area contributed by atoms with E-state index >= 15 is 0 Å². The van der Waals surface area contributed by atoms with Gasteiger partial charge in [0.2, 0.25) is 0 Å². The first kappa shape index (κ1) is 24.8. The third-order valence-electron chi connectivity index (χ3n) is 6.14. The van der Waals surface area contributed by atoms with Gasteiger partial charge in [0.05, 0.1) is 15.9 Å². The molecule has 0 aromatic heterocycles. The number of hydrogen-bond acceptors (Lipinski definition) is 8. The summed E-state index contributed by atoms with van der Waals surface area (Å²) in [6.07, 6.45) is 2.57. The summed E-state index contributed by atoms with van der Waals surface area (Å²) in [4.78, 5) is 34.2. The Hall–Kier alpha value is -3.82. The van der Waals surface area contributed by atoms with E-state index in [0.717, 1.165) is 31.4 Å². The highest BCUT2D eigenvalue weighted by Crippen LogP contribution is 2.35. The Morgan fingerprint density at radius 2 is 1.79 bits per heavy atom. The van der Waals surface area contributed by atoms with Crippen molar-refractivity contribution in [1.82, 2.24) is 0 Å². The summed E-state index contributed by atoms with van der Waals surface area (Å²) in [5.41, 5.74) is 1.96. The van der Waals surface area contributed by atoms with Crippen LogP contribution in [0, 0.1) is 38.0 Å². The number of hydrazone groups is 1. The van der Waals surface area contributed by atoms with Gasteiger partial charge in [-0.25, -0.2) is 4.79 Å². The van der Waals surface area contributed by atoms with E-state index in [2.05, 4.69) is 31.3 Å². The minimum absolute atomic E-state index is 0.0333. The molecule has 2 aromatic carbocycles. The standard InChI is InChI=1S/C24H28N4O6/c1-15(2)19-11-9-16(3)13-22(19)34-24(29)23(17-7-5-4-6-8-17)26-25-20-12-10-18(27(30)31)14-21(20)28(32)33/h4-8,10,12,14-16,19,22,25H,9,11,13H2,1-3H3/b26-23-/t16-,19+,22+/m1/s1. The summed E-state index contributed by atoms with van der Waals surface area (Å²) in [5.74, 6) is 0.392. The molecule has 1 N–H and O–H groups in total. The molecule has 2 aromatic rings. The zero-order valence-corrected chi connectivity index (χ0v) is 19.3. The minimum Gasteiger partial charge on any atom is -0.457 e. The van der Waals surface area contributed by atoms with E-state index in [4.69, 9.17) is 4.74 Å². The number of carbonyl (C=O) groups excluding carboxylic acids is 1. The number of anilines is 1. The number of benzene rings is 2. The van der Waals surface area contributed by atoms with Crippen molar-refractivity contribution in [1.29, 1.82) is 0 Å². The maximum Gasteiger partial charge on any atom is 0.359 e. The highest BCUT2D eigenvalue weighted by Gasteiger charge is 2.34. The fourth-order valence-electron chi connectivity index (χ4n) is 4.26. The smallest absolute Gasteiger partial charge is 0.359 e. The van der Waals surface area contributed by atoms with Gasteiger partial charge >= 0.3 is 11.7 Å². The molecule has 0 unspecified atom stereocenters. The summed E-state index contributed by atoms with van der Waals surface area (Å²) in [6, 6.07) is 11.8. The highest BCUT2D eigenvalue weighted by molar-refractivity contribution is 6.43. The van der Waals surface area contributed by atoms with Crippen molar-refractivity contribution in [3.8, 4) is 0 Å². The molecule has 3 atom stereocenters. The fourth-order valence-corrected chi connectivity index (χ4v) is 4.26. The monoisotopic (exact) mass is 468 g/mol. The van der Waals surface area contributed by atoms with Crippen LogP contribution in [0.4, 0.5) is 17.1 Å². The number of non-ortho nitro benzene ring substituents is 1. The largest absolute Gasteiger partial charge is 0.457 e. The van der Waals surface area contributed by atoms with Crippen LogP contribution >= 0.6 is 0 Å². The lowest BCUT2D eigenvalue weighted by molar-refractivity contribution is -0.393. The van der Waals surface area contributed by atoms with Crippen LogP contribution in [0.5, 0.6) is 0 Å². The molecule has 34 heavy (non-hydrogen) atoms. The minimum atomic E-state index is -0.748. The van der Waals surface area contributed by atoms with Gasteiger partial charge in [-0.15, -0.1) is 0 Å². The molecule has 0 aliphatic heterocycles. The Kier molecular flexibility index (Phi) is 7.93. The molecule has 3 rings (SSSR count). The molecule has 10 heteroatoms. The Bertz CT molecular complexity index is 1090. The average Bonchev–Trinajstić information content (AvgIpc) is 2.79. The van der Waals surface area contributed by atoms with Gasteiger partial charge in [-0.3, -0.25) is 25.7 Å². The predicted molar refractivity (Wildman–Crippen MR) is 128 cm³/mol. The Balaban J connectivity index is 1.92. The Morgan fingerprint density at radius 3 is 2.41 bits per heavy atom. The molecule has 1 aliphatic carbocycles. The van der Waals surface area contributed by atoms with Crippen LogP contribution < -0.4 is 5.43 Å². The molecule has 0 spiro atoms. The van der Waals surface area contributed by atoms with E-state index in [1.54, 1.807) is 30.3 Å². The average molecular weight is 469 g/mol. The van der Waals surface area contributed by atoms with Gasteiger partial charge < -0.3 is 4.74 Å². The number of carbonyl (C=O) groups is 1. The topological polar surface area (TPSA) is 137 Å². The second-order valence-electron chi connectivity index (χ2n) is 8.92.